The molecule has 0 aliphatic rings. The van der Waals surface area contributed by atoms with Crippen molar-refractivity contribution in [1.82, 2.24) is 4.98 Å². The Bertz CT molecular complexity index is 490. The van der Waals surface area contributed by atoms with Gasteiger partial charge in [-0.05, 0) is 17.9 Å². The highest BCUT2D eigenvalue weighted by molar-refractivity contribution is 7.14. The molecule has 0 saturated carbocycles. The molecule has 2 rings (SSSR count). The fourth-order valence-corrected chi connectivity index (χ4v) is 3.00. The van der Waals surface area contributed by atoms with Gasteiger partial charge in [0, 0.05) is 11.8 Å². The maximum atomic E-state index is 10.7. The number of hydrogen-bond acceptors (Lipinski definition) is 4. The molecular weight excluding hydrogens is 254 g/mol. The van der Waals surface area contributed by atoms with Gasteiger partial charge in [0.2, 0.25) is 0 Å². The first-order chi connectivity index (χ1) is 8.16. The van der Waals surface area contributed by atoms with Gasteiger partial charge in [-0.2, -0.15) is 0 Å². The molecule has 5 heteroatoms. The lowest BCUT2D eigenvalue weighted by atomic mass is 10.1. The highest BCUT2D eigenvalue weighted by Gasteiger charge is 2.12. The van der Waals surface area contributed by atoms with E-state index in [1.54, 1.807) is 29.6 Å². The van der Waals surface area contributed by atoms with Gasteiger partial charge in [0.1, 0.15) is 0 Å². The third kappa shape index (κ3) is 3.14. The molecule has 0 radical (unpaired) electrons. The number of carbonyl (C=O) groups is 1. The van der Waals surface area contributed by atoms with Crippen LogP contribution in [0.25, 0.3) is 10.6 Å². The first-order valence-electron chi connectivity index (χ1n) is 5.38. The number of thiophene rings is 1. The summed E-state index contributed by atoms with van der Waals surface area (Å²) in [5, 5.41) is 13.9. The van der Waals surface area contributed by atoms with Crippen LogP contribution in [-0.4, -0.2) is 16.1 Å². The number of carboxylic acid groups (broad SMARTS) is 1. The number of aliphatic carboxylic acids is 1. The van der Waals surface area contributed by atoms with E-state index in [0.717, 1.165) is 17.1 Å². The fourth-order valence-electron chi connectivity index (χ4n) is 1.43. The normalized spacial score (nSPS) is 12.5. The van der Waals surface area contributed by atoms with E-state index in [2.05, 4.69) is 4.98 Å². The van der Waals surface area contributed by atoms with Gasteiger partial charge in [0.15, 0.2) is 0 Å². The van der Waals surface area contributed by atoms with Gasteiger partial charge in [0.05, 0.1) is 21.5 Å². The molecule has 0 fully saturated rings. The summed E-state index contributed by atoms with van der Waals surface area (Å²) in [5.74, 6) is -1.04. The van der Waals surface area contributed by atoms with E-state index in [4.69, 9.17) is 5.11 Å². The highest BCUT2D eigenvalue weighted by atomic mass is 32.1. The molecule has 90 valence electrons. The average molecular weight is 267 g/mol. The summed E-state index contributed by atoms with van der Waals surface area (Å²) in [5.41, 5.74) is 1.00. The zero-order valence-electron chi connectivity index (χ0n) is 9.42. The quantitative estimate of drug-likeness (QED) is 0.901. The molecule has 0 amide bonds. The molecular formula is C12H13NO2S2. The zero-order chi connectivity index (χ0) is 12.3. The van der Waals surface area contributed by atoms with Gasteiger partial charge < -0.3 is 5.11 Å². The first kappa shape index (κ1) is 12.3. The Morgan fingerprint density at radius 1 is 1.53 bits per heavy atom. The topological polar surface area (TPSA) is 50.2 Å². The molecule has 2 heterocycles. The smallest absolute Gasteiger partial charge is 0.306 e. The Morgan fingerprint density at radius 3 is 3.00 bits per heavy atom. The predicted octanol–water partition coefficient (Wildman–Crippen LogP) is 3.52. The summed E-state index contributed by atoms with van der Waals surface area (Å²) in [6.07, 6.45) is 1.39. The van der Waals surface area contributed by atoms with E-state index in [0.29, 0.717) is 6.42 Å². The van der Waals surface area contributed by atoms with Crippen molar-refractivity contribution < 1.29 is 9.90 Å². The number of carboxylic acids is 1. The predicted molar refractivity (Wildman–Crippen MR) is 70.5 cm³/mol. The highest BCUT2D eigenvalue weighted by Crippen LogP contribution is 2.26. The lowest BCUT2D eigenvalue weighted by Gasteiger charge is -2.02. The van der Waals surface area contributed by atoms with Gasteiger partial charge in [-0.25, -0.2) is 4.98 Å². The van der Waals surface area contributed by atoms with Crippen molar-refractivity contribution in [2.24, 2.45) is 5.92 Å². The van der Waals surface area contributed by atoms with Crippen LogP contribution >= 0.6 is 22.7 Å². The number of aromatic nitrogens is 1. The van der Waals surface area contributed by atoms with Gasteiger partial charge in [0.25, 0.3) is 0 Å². The summed E-state index contributed by atoms with van der Waals surface area (Å²) >= 11 is 3.27. The number of rotatable bonds is 5. The summed E-state index contributed by atoms with van der Waals surface area (Å²) in [7, 11) is 0. The van der Waals surface area contributed by atoms with Crippen LogP contribution in [0.3, 0.4) is 0 Å². The Labute approximate surface area is 108 Å². The first-order valence-corrected chi connectivity index (χ1v) is 7.14. The zero-order valence-corrected chi connectivity index (χ0v) is 11.1. The van der Waals surface area contributed by atoms with Crippen LogP contribution in [0.1, 0.15) is 18.4 Å². The number of thiazole rings is 1. The standard InChI is InChI=1S/C12H13NO2S2/c1-8(12(14)15)4-5-11-13-9(7-17-11)10-3-2-6-16-10/h2-3,6-8H,4-5H2,1H3,(H,14,15). The van der Waals surface area contributed by atoms with Crippen LogP contribution in [0.5, 0.6) is 0 Å². The van der Waals surface area contributed by atoms with Crippen molar-refractivity contribution in [3.8, 4) is 10.6 Å². The second-order valence-corrected chi connectivity index (χ2v) is 5.77. The number of hydrogen-bond donors (Lipinski definition) is 1. The van der Waals surface area contributed by atoms with Crippen LogP contribution in [0.15, 0.2) is 22.9 Å². The summed E-state index contributed by atoms with van der Waals surface area (Å²) < 4.78 is 0. The third-order valence-electron chi connectivity index (χ3n) is 2.54. The Balaban J connectivity index is 1.97. The maximum absolute atomic E-state index is 10.7. The molecule has 2 aromatic rings. The van der Waals surface area contributed by atoms with Crippen molar-refractivity contribution >= 4 is 28.6 Å². The van der Waals surface area contributed by atoms with Crippen molar-refractivity contribution in [1.29, 1.82) is 0 Å². The molecule has 0 bridgehead atoms. The summed E-state index contributed by atoms with van der Waals surface area (Å²) in [6.45, 7) is 1.73. The Kier molecular flexibility index (Phi) is 3.91. The van der Waals surface area contributed by atoms with Crippen LogP contribution in [-0.2, 0) is 11.2 Å². The maximum Gasteiger partial charge on any atom is 0.306 e. The lowest BCUT2D eigenvalue weighted by molar-refractivity contribution is -0.141. The minimum atomic E-state index is -0.736. The van der Waals surface area contributed by atoms with Gasteiger partial charge >= 0.3 is 5.97 Å². The molecule has 0 aromatic carbocycles. The van der Waals surface area contributed by atoms with Gasteiger partial charge in [-0.1, -0.05) is 13.0 Å². The second kappa shape index (κ2) is 5.42. The van der Waals surface area contributed by atoms with E-state index in [1.165, 1.54) is 4.88 Å². The molecule has 1 unspecified atom stereocenters. The number of aryl methyl sites for hydroxylation is 1. The van der Waals surface area contributed by atoms with Gasteiger partial charge in [-0.15, -0.1) is 22.7 Å². The number of nitrogens with zero attached hydrogens (tertiary/aromatic N) is 1. The monoisotopic (exact) mass is 267 g/mol. The third-order valence-corrected chi connectivity index (χ3v) is 4.34. The minimum Gasteiger partial charge on any atom is -0.481 e. The average Bonchev–Trinajstić information content (AvgIpc) is 2.95. The van der Waals surface area contributed by atoms with Crippen LogP contribution in [0.4, 0.5) is 0 Å². The minimum absolute atomic E-state index is 0.302. The van der Waals surface area contributed by atoms with E-state index in [9.17, 15) is 4.79 Å². The molecule has 3 nitrogen and oxygen atoms in total. The van der Waals surface area contributed by atoms with Crippen LogP contribution in [0, 0.1) is 5.92 Å². The SMILES string of the molecule is CC(CCc1nc(-c2cccs2)cs1)C(=O)O. The molecule has 0 spiro atoms. The lowest BCUT2D eigenvalue weighted by Crippen LogP contribution is -2.10. The Morgan fingerprint density at radius 2 is 2.35 bits per heavy atom. The molecule has 1 N–H and O–H groups in total. The molecule has 0 saturated heterocycles. The molecule has 2 aromatic heterocycles. The fraction of sp³-hybridized carbons (Fsp3) is 0.333. The van der Waals surface area contributed by atoms with E-state index >= 15 is 0 Å². The molecule has 0 aliphatic heterocycles. The van der Waals surface area contributed by atoms with Gasteiger partial charge in [-0.3, -0.25) is 4.79 Å². The largest absolute Gasteiger partial charge is 0.481 e. The van der Waals surface area contributed by atoms with E-state index in [-0.39, 0.29) is 5.92 Å². The van der Waals surface area contributed by atoms with E-state index in [1.807, 2.05) is 22.9 Å². The Hall–Kier alpha value is -1.20. The van der Waals surface area contributed by atoms with Crippen molar-refractivity contribution in [3.05, 3.63) is 27.9 Å². The molecule has 1 atom stereocenters. The van der Waals surface area contributed by atoms with Crippen LogP contribution < -0.4 is 0 Å². The van der Waals surface area contributed by atoms with Crippen molar-refractivity contribution in [2.75, 3.05) is 0 Å². The molecule has 17 heavy (non-hydrogen) atoms. The van der Waals surface area contributed by atoms with E-state index < -0.39 is 5.97 Å². The summed E-state index contributed by atoms with van der Waals surface area (Å²) in [4.78, 5) is 16.4. The summed E-state index contributed by atoms with van der Waals surface area (Å²) in [6, 6.07) is 4.05. The van der Waals surface area contributed by atoms with Crippen molar-refractivity contribution in [3.63, 3.8) is 0 Å². The molecule has 0 aliphatic carbocycles. The van der Waals surface area contributed by atoms with Crippen molar-refractivity contribution in [2.45, 2.75) is 19.8 Å². The van der Waals surface area contributed by atoms with Crippen LogP contribution in [0.2, 0.25) is 0 Å². The second-order valence-electron chi connectivity index (χ2n) is 3.88.